The Morgan fingerprint density at radius 3 is 2.67 bits per heavy atom. The van der Waals surface area contributed by atoms with Crippen LogP contribution in [0.4, 0.5) is 4.39 Å². The molecule has 1 aromatic rings. The fourth-order valence-corrected chi connectivity index (χ4v) is 4.39. The summed E-state index contributed by atoms with van der Waals surface area (Å²) in [5.41, 5.74) is 0. The molecule has 0 bridgehead atoms. The van der Waals surface area contributed by atoms with Gasteiger partial charge >= 0.3 is 0 Å². The van der Waals surface area contributed by atoms with Crippen LogP contribution in [-0.4, -0.2) is 38.4 Å². The van der Waals surface area contributed by atoms with E-state index in [4.69, 9.17) is 0 Å². The summed E-state index contributed by atoms with van der Waals surface area (Å²) >= 11 is 0. The van der Waals surface area contributed by atoms with Gasteiger partial charge in [0.1, 0.15) is 5.82 Å². The van der Waals surface area contributed by atoms with Crippen LogP contribution in [0.3, 0.4) is 0 Å². The second-order valence-electron chi connectivity index (χ2n) is 6.02. The molecule has 4 nitrogen and oxygen atoms in total. The Labute approximate surface area is 125 Å². The Bertz CT molecular complexity index is 595. The van der Waals surface area contributed by atoms with Crippen molar-refractivity contribution < 1.29 is 12.8 Å². The predicted octanol–water partition coefficient (Wildman–Crippen LogP) is 1.98. The summed E-state index contributed by atoms with van der Waals surface area (Å²) in [5.74, 6) is -0.0452. The number of hydrogen-bond donors (Lipinski definition) is 1. The van der Waals surface area contributed by atoms with Gasteiger partial charge in [-0.05, 0) is 56.3 Å². The van der Waals surface area contributed by atoms with E-state index in [1.165, 1.54) is 18.2 Å². The van der Waals surface area contributed by atoms with Gasteiger partial charge < -0.3 is 5.32 Å². The molecule has 21 heavy (non-hydrogen) atoms. The Morgan fingerprint density at radius 1 is 1.24 bits per heavy atom. The van der Waals surface area contributed by atoms with Gasteiger partial charge in [-0.1, -0.05) is 6.07 Å². The molecule has 1 aliphatic carbocycles. The van der Waals surface area contributed by atoms with Crippen LogP contribution >= 0.6 is 0 Å². The number of halogens is 1. The van der Waals surface area contributed by atoms with Gasteiger partial charge in [0.05, 0.1) is 4.90 Å². The van der Waals surface area contributed by atoms with Crippen LogP contribution in [0.1, 0.15) is 25.7 Å². The lowest BCUT2D eigenvalue weighted by Gasteiger charge is -2.25. The molecule has 1 aromatic carbocycles. The Hall–Kier alpha value is -0.980. The van der Waals surface area contributed by atoms with E-state index in [-0.39, 0.29) is 10.9 Å². The van der Waals surface area contributed by atoms with Crippen LogP contribution in [0.25, 0.3) is 0 Å². The second-order valence-corrected chi connectivity index (χ2v) is 7.95. The first-order chi connectivity index (χ1) is 10.1. The van der Waals surface area contributed by atoms with Crippen molar-refractivity contribution in [1.29, 1.82) is 0 Å². The number of hydrogen-bond acceptors (Lipinski definition) is 3. The fraction of sp³-hybridized carbons (Fsp3) is 0.600. The first-order valence-electron chi connectivity index (χ1n) is 7.55. The van der Waals surface area contributed by atoms with Crippen molar-refractivity contribution in [3.8, 4) is 0 Å². The zero-order valence-electron chi connectivity index (χ0n) is 12.0. The zero-order chi connectivity index (χ0) is 14.9. The summed E-state index contributed by atoms with van der Waals surface area (Å²) in [6, 6.07) is 5.51. The van der Waals surface area contributed by atoms with Gasteiger partial charge in [-0.15, -0.1) is 0 Å². The summed E-state index contributed by atoms with van der Waals surface area (Å²) in [6.07, 6.45) is 4.27. The monoisotopic (exact) mass is 312 g/mol. The Kier molecular flexibility index (Phi) is 4.28. The molecule has 1 saturated carbocycles. The average molecular weight is 312 g/mol. The summed E-state index contributed by atoms with van der Waals surface area (Å²) in [5, 5.41) is 3.34. The molecule has 1 atom stereocenters. The van der Waals surface area contributed by atoms with E-state index in [9.17, 15) is 12.8 Å². The Morgan fingerprint density at radius 2 is 2.05 bits per heavy atom. The molecule has 1 unspecified atom stereocenters. The molecule has 3 rings (SSSR count). The largest absolute Gasteiger partial charge is 0.313 e. The molecule has 1 aliphatic heterocycles. The molecule has 1 heterocycles. The molecule has 0 aromatic heterocycles. The van der Waals surface area contributed by atoms with E-state index >= 15 is 0 Å². The van der Waals surface area contributed by atoms with Crippen LogP contribution in [0.5, 0.6) is 0 Å². The highest BCUT2D eigenvalue weighted by Crippen LogP contribution is 2.32. The molecule has 2 aliphatic rings. The molecule has 1 N–H and O–H groups in total. The second kappa shape index (κ2) is 6.02. The van der Waals surface area contributed by atoms with Gasteiger partial charge in [0.25, 0.3) is 0 Å². The average Bonchev–Trinajstić information content (AvgIpc) is 3.12. The van der Waals surface area contributed by atoms with Crippen molar-refractivity contribution in [3.63, 3.8) is 0 Å². The Balaban J connectivity index is 1.82. The van der Waals surface area contributed by atoms with E-state index in [0.717, 1.165) is 38.3 Å². The SMILES string of the molecule is O=S(=O)(c1cccc(F)c1)N(CC1CC1)CC1CCCN1. The first-order valence-corrected chi connectivity index (χ1v) is 8.99. The highest BCUT2D eigenvalue weighted by atomic mass is 32.2. The number of nitrogens with one attached hydrogen (secondary N) is 1. The van der Waals surface area contributed by atoms with Crippen molar-refractivity contribution in [1.82, 2.24) is 9.62 Å². The minimum Gasteiger partial charge on any atom is -0.313 e. The van der Waals surface area contributed by atoms with Crippen LogP contribution in [0, 0.1) is 11.7 Å². The molecule has 6 heteroatoms. The minimum atomic E-state index is -3.61. The molecular weight excluding hydrogens is 291 g/mol. The highest BCUT2D eigenvalue weighted by Gasteiger charge is 2.33. The fourth-order valence-electron chi connectivity index (χ4n) is 2.79. The van der Waals surface area contributed by atoms with E-state index in [2.05, 4.69) is 5.32 Å². The summed E-state index contributed by atoms with van der Waals surface area (Å²) in [7, 11) is -3.61. The van der Waals surface area contributed by atoms with E-state index in [1.54, 1.807) is 4.31 Å². The maximum absolute atomic E-state index is 13.3. The number of nitrogens with zero attached hydrogens (tertiary/aromatic N) is 1. The van der Waals surface area contributed by atoms with Gasteiger partial charge in [0, 0.05) is 19.1 Å². The number of benzene rings is 1. The quantitative estimate of drug-likeness (QED) is 0.874. The number of sulfonamides is 1. The maximum atomic E-state index is 13.3. The van der Waals surface area contributed by atoms with Crippen LogP contribution in [-0.2, 0) is 10.0 Å². The predicted molar refractivity (Wildman–Crippen MR) is 78.9 cm³/mol. The van der Waals surface area contributed by atoms with Crippen LogP contribution in [0.15, 0.2) is 29.2 Å². The van der Waals surface area contributed by atoms with Crippen molar-refractivity contribution in [2.75, 3.05) is 19.6 Å². The maximum Gasteiger partial charge on any atom is 0.243 e. The topological polar surface area (TPSA) is 49.4 Å². The van der Waals surface area contributed by atoms with E-state index in [0.29, 0.717) is 19.0 Å². The summed E-state index contributed by atoms with van der Waals surface area (Å²) < 4.78 is 40.4. The van der Waals surface area contributed by atoms with Crippen LogP contribution < -0.4 is 5.32 Å². The lowest BCUT2D eigenvalue weighted by molar-refractivity contribution is 0.358. The lowest BCUT2D eigenvalue weighted by Crippen LogP contribution is -2.42. The van der Waals surface area contributed by atoms with Gasteiger partial charge in [0.15, 0.2) is 0 Å². The first kappa shape index (κ1) is 14.9. The van der Waals surface area contributed by atoms with Crippen molar-refractivity contribution in [3.05, 3.63) is 30.1 Å². The lowest BCUT2D eigenvalue weighted by atomic mass is 10.2. The minimum absolute atomic E-state index is 0.0566. The molecule has 2 fully saturated rings. The van der Waals surface area contributed by atoms with Crippen molar-refractivity contribution in [2.45, 2.75) is 36.6 Å². The molecule has 116 valence electrons. The third kappa shape index (κ3) is 3.62. The van der Waals surface area contributed by atoms with E-state index < -0.39 is 15.8 Å². The van der Waals surface area contributed by atoms with Gasteiger partial charge in [-0.25, -0.2) is 12.8 Å². The smallest absolute Gasteiger partial charge is 0.243 e. The third-order valence-corrected chi connectivity index (χ3v) is 6.01. The van der Waals surface area contributed by atoms with Gasteiger partial charge in [0.2, 0.25) is 10.0 Å². The van der Waals surface area contributed by atoms with Crippen LogP contribution in [0.2, 0.25) is 0 Å². The van der Waals surface area contributed by atoms with Crippen molar-refractivity contribution >= 4 is 10.0 Å². The molecule has 0 amide bonds. The zero-order valence-corrected chi connectivity index (χ0v) is 12.8. The third-order valence-electron chi connectivity index (χ3n) is 4.18. The molecule has 0 radical (unpaired) electrons. The normalized spacial score (nSPS) is 22.9. The van der Waals surface area contributed by atoms with Crippen molar-refractivity contribution in [2.24, 2.45) is 5.92 Å². The van der Waals surface area contributed by atoms with Gasteiger partial charge in [-0.2, -0.15) is 4.31 Å². The number of rotatable bonds is 6. The standard InChI is InChI=1S/C15H21FN2O2S/c16-13-3-1-5-15(9-13)21(19,20)18(10-12-6-7-12)11-14-4-2-8-17-14/h1,3,5,9,12,14,17H,2,4,6-8,10-11H2. The summed E-state index contributed by atoms with van der Waals surface area (Å²) in [4.78, 5) is 0.0566. The molecule has 1 saturated heterocycles. The van der Waals surface area contributed by atoms with Gasteiger partial charge in [-0.3, -0.25) is 0 Å². The molecule has 0 spiro atoms. The highest BCUT2D eigenvalue weighted by molar-refractivity contribution is 7.89. The van der Waals surface area contributed by atoms with E-state index in [1.807, 2.05) is 0 Å². The molecular formula is C15H21FN2O2S. The summed E-state index contributed by atoms with van der Waals surface area (Å²) in [6.45, 7) is 1.98.